The first kappa shape index (κ1) is 12.6. The Hall–Kier alpha value is -2.43. The molecule has 0 bridgehead atoms. The number of aryl methyl sites for hydroxylation is 3. The van der Waals surface area contributed by atoms with E-state index in [1.807, 2.05) is 26.3 Å². The van der Waals surface area contributed by atoms with E-state index < -0.39 is 0 Å². The van der Waals surface area contributed by atoms with Gasteiger partial charge in [-0.25, -0.2) is 4.68 Å². The van der Waals surface area contributed by atoms with Gasteiger partial charge in [0.2, 0.25) is 0 Å². The van der Waals surface area contributed by atoms with Gasteiger partial charge >= 0.3 is 0 Å². The highest BCUT2D eigenvalue weighted by atomic mass is 15.4. The number of rotatable bonds is 3. The Labute approximate surface area is 117 Å². The normalized spacial score (nSPS) is 11.8. The van der Waals surface area contributed by atoms with Crippen molar-refractivity contribution in [3.63, 3.8) is 0 Å². The zero-order valence-corrected chi connectivity index (χ0v) is 11.9. The Kier molecular flexibility index (Phi) is 3.10. The van der Waals surface area contributed by atoms with Crippen LogP contribution in [0.25, 0.3) is 10.9 Å². The maximum atomic E-state index is 4.46. The van der Waals surface area contributed by atoms with E-state index in [2.05, 4.69) is 45.4 Å². The summed E-state index contributed by atoms with van der Waals surface area (Å²) in [7, 11) is 0. The van der Waals surface area contributed by atoms with Crippen LogP contribution in [-0.2, 0) is 6.42 Å². The lowest BCUT2D eigenvalue weighted by molar-refractivity contribution is 0.799. The van der Waals surface area contributed by atoms with E-state index in [4.69, 9.17) is 0 Å². The zero-order valence-electron chi connectivity index (χ0n) is 11.9. The van der Waals surface area contributed by atoms with Gasteiger partial charge in [-0.15, -0.1) is 10.2 Å². The number of aromatic amines is 1. The lowest BCUT2D eigenvalue weighted by Crippen LogP contribution is -1.96. The summed E-state index contributed by atoms with van der Waals surface area (Å²) < 4.78 is 1.74. The molecule has 20 heavy (non-hydrogen) atoms. The lowest BCUT2D eigenvalue weighted by Gasteiger charge is -1.99. The van der Waals surface area contributed by atoms with E-state index >= 15 is 0 Å². The smallest absolute Gasteiger partial charge is 0.151 e. The minimum atomic E-state index is 0.785. The lowest BCUT2D eigenvalue weighted by atomic mass is 10.1. The van der Waals surface area contributed by atoms with Crippen molar-refractivity contribution in [2.75, 3.05) is 0 Å². The molecule has 0 atom stereocenters. The predicted octanol–water partition coefficient (Wildman–Crippen LogP) is 2.82. The molecule has 1 aromatic carbocycles. The van der Waals surface area contributed by atoms with Crippen molar-refractivity contribution in [3.8, 4) is 0 Å². The van der Waals surface area contributed by atoms with E-state index in [0.29, 0.717) is 0 Å². The van der Waals surface area contributed by atoms with Crippen LogP contribution in [0.4, 0.5) is 0 Å². The third-order valence-corrected chi connectivity index (χ3v) is 3.48. The van der Waals surface area contributed by atoms with Crippen LogP contribution in [0.1, 0.15) is 29.7 Å². The summed E-state index contributed by atoms with van der Waals surface area (Å²) in [5.41, 5.74) is 3.58. The van der Waals surface area contributed by atoms with E-state index in [9.17, 15) is 0 Å². The van der Waals surface area contributed by atoms with E-state index in [0.717, 1.165) is 23.6 Å². The number of aromatic nitrogens is 4. The monoisotopic (exact) mass is 267 g/mol. The largest absolute Gasteiger partial charge is 0.360 e. The Bertz CT molecular complexity index is 759. The average Bonchev–Trinajstić information content (AvgIpc) is 3.01. The molecule has 2 aromatic heterocycles. The van der Waals surface area contributed by atoms with Crippen LogP contribution in [0.15, 0.2) is 29.5 Å². The molecule has 5 nitrogen and oxygen atoms in total. The molecule has 102 valence electrons. The van der Waals surface area contributed by atoms with Gasteiger partial charge < -0.3 is 4.98 Å². The molecule has 3 rings (SSSR count). The van der Waals surface area contributed by atoms with Crippen LogP contribution < -0.4 is 0 Å². The van der Waals surface area contributed by atoms with E-state index in [1.165, 1.54) is 16.5 Å². The Morgan fingerprint density at radius 3 is 2.70 bits per heavy atom. The van der Waals surface area contributed by atoms with Crippen LogP contribution in [0.5, 0.6) is 0 Å². The van der Waals surface area contributed by atoms with Gasteiger partial charge in [0, 0.05) is 22.7 Å². The van der Waals surface area contributed by atoms with E-state index in [1.54, 1.807) is 4.68 Å². The highest BCUT2D eigenvalue weighted by Crippen LogP contribution is 2.21. The summed E-state index contributed by atoms with van der Waals surface area (Å²) in [4.78, 5) is 3.34. The summed E-state index contributed by atoms with van der Waals surface area (Å²) in [6.07, 6.45) is 4.85. The molecule has 0 fully saturated rings. The molecule has 0 aliphatic rings. The Balaban J connectivity index is 2.04. The van der Waals surface area contributed by atoms with Crippen LogP contribution >= 0.6 is 0 Å². The second kappa shape index (κ2) is 4.92. The number of para-hydroxylation sites is 1. The highest BCUT2D eigenvalue weighted by Gasteiger charge is 2.06. The third kappa shape index (κ3) is 2.01. The third-order valence-electron chi connectivity index (χ3n) is 3.48. The summed E-state index contributed by atoms with van der Waals surface area (Å²) in [5.74, 6) is 1.57. The molecular weight excluding hydrogens is 250 g/mol. The number of fused-ring (bicyclic) bond motifs is 1. The first-order valence-electron chi connectivity index (χ1n) is 6.72. The highest BCUT2D eigenvalue weighted by molar-refractivity contribution is 6.00. The van der Waals surface area contributed by atoms with Crippen molar-refractivity contribution >= 4 is 17.1 Å². The number of nitrogens with one attached hydrogen (secondary N) is 1. The van der Waals surface area contributed by atoms with Gasteiger partial charge in [0.1, 0.15) is 0 Å². The molecule has 3 aromatic rings. The molecule has 1 N–H and O–H groups in total. The van der Waals surface area contributed by atoms with Crippen LogP contribution in [0, 0.1) is 13.8 Å². The van der Waals surface area contributed by atoms with Gasteiger partial charge in [0.15, 0.2) is 11.6 Å². The molecule has 0 spiro atoms. The van der Waals surface area contributed by atoms with Gasteiger partial charge in [-0.1, -0.05) is 25.1 Å². The molecule has 0 aliphatic heterocycles. The van der Waals surface area contributed by atoms with Crippen LogP contribution in [0.2, 0.25) is 0 Å². The minimum Gasteiger partial charge on any atom is -0.360 e. The quantitative estimate of drug-likeness (QED) is 0.742. The standard InChI is InChI=1S/C15H17N5/c1-4-12-6-5-7-14-13(8-16-15(12)14)9-17-20-10(2)18-19-11(20)3/h5-9,16H,4H2,1-3H3/b17-9+. The van der Waals surface area contributed by atoms with Gasteiger partial charge in [0.05, 0.1) is 6.21 Å². The summed E-state index contributed by atoms with van der Waals surface area (Å²) in [6.45, 7) is 5.94. The Morgan fingerprint density at radius 1 is 1.25 bits per heavy atom. The predicted molar refractivity (Wildman–Crippen MR) is 80.2 cm³/mol. The molecule has 0 aliphatic carbocycles. The maximum absolute atomic E-state index is 4.46. The first-order valence-corrected chi connectivity index (χ1v) is 6.72. The fraction of sp³-hybridized carbons (Fsp3) is 0.267. The van der Waals surface area contributed by atoms with Crippen molar-refractivity contribution in [1.29, 1.82) is 0 Å². The van der Waals surface area contributed by atoms with Crippen LogP contribution in [-0.4, -0.2) is 26.1 Å². The molecule has 0 unspecified atom stereocenters. The summed E-state index contributed by atoms with van der Waals surface area (Å²) in [6, 6.07) is 6.34. The second-order valence-electron chi connectivity index (χ2n) is 4.79. The van der Waals surface area contributed by atoms with Crippen molar-refractivity contribution in [2.24, 2.45) is 5.10 Å². The van der Waals surface area contributed by atoms with Crippen molar-refractivity contribution in [3.05, 3.63) is 47.2 Å². The molecule has 0 radical (unpaired) electrons. The van der Waals surface area contributed by atoms with Crippen molar-refractivity contribution < 1.29 is 0 Å². The topological polar surface area (TPSA) is 58.9 Å². The van der Waals surface area contributed by atoms with Gasteiger partial charge in [-0.2, -0.15) is 5.10 Å². The van der Waals surface area contributed by atoms with Gasteiger partial charge in [0.25, 0.3) is 0 Å². The molecule has 2 heterocycles. The first-order chi connectivity index (χ1) is 9.70. The average molecular weight is 267 g/mol. The second-order valence-corrected chi connectivity index (χ2v) is 4.79. The number of nitrogens with zero attached hydrogens (tertiary/aromatic N) is 4. The number of benzene rings is 1. The molecule has 0 amide bonds. The summed E-state index contributed by atoms with van der Waals surface area (Å²) >= 11 is 0. The maximum Gasteiger partial charge on any atom is 0.151 e. The number of hydrogen-bond acceptors (Lipinski definition) is 3. The van der Waals surface area contributed by atoms with Crippen molar-refractivity contribution in [2.45, 2.75) is 27.2 Å². The molecule has 5 heteroatoms. The number of H-pyrrole nitrogens is 1. The summed E-state index contributed by atoms with van der Waals surface area (Å²) in [5, 5.41) is 13.6. The van der Waals surface area contributed by atoms with Crippen molar-refractivity contribution in [1.82, 2.24) is 19.9 Å². The fourth-order valence-electron chi connectivity index (χ4n) is 2.39. The van der Waals surface area contributed by atoms with Crippen LogP contribution in [0.3, 0.4) is 0 Å². The van der Waals surface area contributed by atoms with Gasteiger partial charge in [-0.05, 0) is 25.8 Å². The van der Waals surface area contributed by atoms with E-state index in [-0.39, 0.29) is 0 Å². The minimum absolute atomic E-state index is 0.785. The Morgan fingerprint density at radius 2 is 2.00 bits per heavy atom. The zero-order chi connectivity index (χ0) is 14.1. The van der Waals surface area contributed by atoms with Gasteiger partial charge in [-0.3, -0.25) is 0 Å². The fourth-order valence-corrected chi connectivity index (χ4v) is 2.39. The molecular formula is C15H17N5. The SMILES string of the molecule is CCc1cccc2c(/C=N/n3c(C)nnc3C)c[nH]c12. The number of hydrogen-bond donors (Lipinski definition) is 1. The molecule has 0 saturated heterocycles. The molecule has 0 saturated carbocycles.